The summed E-state index contributed by atoms with van der Waals surface area (Å²) in [6.07, 6.45) is -0.222. The van der Waals surface area contributed by atoms with Crippen molar-refractivity contribution in [3.63, 3.8) is 0 Å². The van der Waals surface area contributed by atoms with Crippen LogP contribution < -0.4 is 10.9 Å². The molecule has 5 nitrogen and oxygen atoms in total. The van der Waals surface area contributed by atoms with Crippen molar-refractivity contribution in [1.82, 2.24) is 15.3 Å². The summed E-state index contributed by atoms with van der Waals surface area (Å²) >= 11 is 0. The second-order valence-electron chi connectivity index (χ2n) is 6.85. The predicted octanol–water partition coefficient (Wildman–Crippen LogP) is 2.64. The summed E-state index contributed by atoms with van der Waals surface area (Å²) in [6.45, 7) is 14.6. The van der Waals surface area contributed by atoms with Gasteiger partial charge in [0.05, 0.1) is 5.69 Å². The third-order valence-corrected chi connectivity index (χ3v) is 3.04. The fraction of sp³-hybridized carbons (Fsp3) is 0.750. The normalized spacial score (nSPS) is 13.7. The molecule has 120 valence electrons. The molecule has 5 heteroatoms. The molecule has 1 rings (SSSR count). The molecule has 1 aromatic heterocycles. The van der Waals surface area contributed by atoms with Gasteiger partial charge >= 0.3 is 0 Å². The zero-order valence-electron chi connectivity index (χ0n) is 14.1. The van der Waals surface area contributed by atoms with Crippen molar-refractivity contribution in [2.75, 3.05) is 13.2 Å². The second-order valence-corrected chi connectivity index (χ2v) is 6.85. The Hall–Kier alpha value is -1.20. The third kappa shape index (κ3) is 5.98. The highest BCUT2D eigenvalue weighted by molar-refractivity contribution is 5.06. The van der Waals surface area contributed by atoms with Gasteiger partial charge < -0.3 is 15.0 Å². The molecule has 1 heterocycles. The molecular formula is C16H29N3O2. The Kier molecular flexibility index (Phi) is 6.55. The Labute approximate surface area is 127 Å². The number of ether oxygens (including phenoxy) is 1. The molecule has 2 N–H and O–H groups in total. The zero-order chi connectivity index (χ0) is 16.0. The van der Waals surface area contributed by atoms with Crippen molar-refractivity contribution >= 4 is 0 Å². The lowest BCUT2D eigenvalue weighted by molar-refractivity contribution is -0.0194. The maximum Gasteiger partial charge on any atom is 0.251 e. The Morgan fingerprint density at radius 1 is 1.38 bits per heavy atom. The van der Waals surface area contributed by atoms with E-state index in [1.807, 2.05) is 6.92 Å². The van der Waals surface area contributed by atoms with Gasteiger partial charge in [-0.25, -0.2) is 4.98 Å². The molecule has 0 radical (unpaired) electrons. The molecule has 0 aliphatic rings. The highest BCUT2D eigenvalue weighted by Gasteiger charge is 2.29. The van der Waals surface area contributed by atoms with Crippen LogP contribution in [0.4, 0.5) is 0 Å². The fourth-order valence-corrected chi connectivity index (χ4v) is 2.14. The minimum absolute atomic E-state index is 0.129. The van der Waals surface area contributed by atoms with Crippen LogP contribution in [0.3, 0.4) is 0 Å². The van der Waals surface area contributed by atoms with Gasteiger partial charge in [0.15, 0.2) is 0 Å². The quantitative estimate of drug-likeness (QED) is 0.811. The van der Waals surface area contributed by atoms with Crippen molar-refractivity contribution in [3.05, 3.63) is 27.9 Å². The Balaban J connectivity index is 2.96. The van der Waals surface area contributed by atoms with E-state index in [1.54, 1.807) is 6.07 Å². The van der Waals surface area contributed by atoms with Gasteiger partial charge in [0.25, 0.3) is 5.56 Å². The number of aromatic amines is 1. The van der Waals surface area contributed by atoms with Gasteiger partial charge in [-0.2, -0.15) is 0 Å². The number of hydrogen-bond donors (Lipinski definition) is 2. The molecule has 0 aliphatic carbocycles. The number of rotatable bonds is 7. The van der Waals surface area contributed by atoms with E-state index in [-0.39, 0.29) is 17.1 Å². The van der Waals surface area contributed by atoms with Crippen LogP contribution >= 0.6 is 0 Å². The lowest BCUT2D eigenvalue weighted by Crippen LogP contribution is -2.28. The molecule has 0 saturated carbocycles. The number of H-pyrrole nitrogens is 1. The first-order chi connectivity index (χ1) is 9.74. The minimum Gasteiger partial charge on any atom is -0.370 e. The summed E-state index contributed by atoms with van der Waals surface area (Å²) < 4.78 is 5.79. The van der Waals surface area contributed by atoms with Gasteiger partial charge in [0.1, 0.15) is 11.9 Å². The first-order valence-corrected chi connectivity index (χ1v) is 7.66. The van der Waals surface area contributed by atoms with Crippen molar-refractivity contribution in [2.45, 2.75) is 54.2 Å². The van der Waals surface area contributed by atoms with Crippen molar-refractivity contribution in [1.29, 1.82) is 0 Å². The van der Waals surface area contributed by atoms with Gasteiger partial charge in [0, 0.05) is 19.2 Å². The van der Waals surface area contributed by atoms with Gasteiger partial charge in [0.2, 0.25) is 0 Å². The largest absolute Gasteiger partial charge is 0.370 e. The predicted molar refractivity (Wildman–Crippen MR) is 85.2 cm³/mol. The van der Waals surface area contributed by atoms with Crippen molar-refractivity contribution in [3.8, 4) is 0 Å². The summed E-state index contributed by atoms with van der Waals surface area (Å²) in [5.41, 5.74) is 0.495. The average Bonchev–Trinajstić information content (AvgIpc) is 2.33. The molecule has 0 aliphatic heterocycles. The molecule has 0 spiro atoms. The maximum absolute atomic E-state index is 11.9. The summed E-state index contributed by atoms with van der Waals surface area (Å²) in [6, 6.07) is 1.54. The standard InChI is InChI=1S/C16H29N3O2/c1-7-21-14(16(4,5)6)15-18-12(8-13(20)19-15)10-17-9-11(2)3/h8,11,14,17H,7,9-10H2,1-6H3,(H,18,19,20). The van der Waals surface area contributed by atoms with Crippen LogP contribution in [-0.4, -0.2) is 23.1 Å². The van der Waals surface area contributed by atoms with Crippen LogP contribution in [0.2, 0.25) is 0 Å². The van der Waals surface area contributed by atoms with Crippen LogP contribution in [0, 0.1) is 11.3 Å². The summed E-state index contributed by atoms with van der Waals surface area (Å²) in [5, 5.41) is 3.31. The van der Waals surface area contributed by atoms with Crippen LogP contribution in [0.5, 0.6) is 0 Å². The van der Waals surface area contributed by atoms with Crippen LogP contribution in [-0.2, 0) is 11.3 Å². The molecule has 0 aromatic carbocycles. The molecule has 1 aromatic rings. The molecular weight excluding hydrogens is 266 g/mol. The first kappa shape index (κ1) is 17.9. The van der Waals surface area contributed by atoms with Crippen LogP contribution in [0.15, 0.2) is 10.9 Å². The average molecular weight is 295 g/mol. The minimum atomic E-state index is -0.222. The lowest BCUT2D eigenvalue weighted by Gasteiger charge is -2.29. The Morgan fingerprint density at radius 2 is 2.05 bits per heavy atom. The van der Waals surface area contributed by atoms with Crippen LogP contribution in [0.25, 0.3) is 0 Å². The number of nitrogens with zero attached hydrogens (tertiary/aromatic N) is 1. The van der Waals surface area contributed by atoms with Crippen molar-refractivity contribution in [2.24, 2.45) is 11.3 Å². The second kappa shape index (κ2) is 7.71. The van der Waals surface area contributed by atoms with E-state index >= 15 is 0 Å². The number of aromatic nitrogens is 2. The molecule has 0 saturated heterocycles. The van der Waals surface area contributed by atoms with Gasteiger partial charge in [-0.3, -0.25) is 4.79 Å². The monoisotopic (exact) mass is 295 g/mol. The van der Waals surface area contributed by atoms with E-state index < -0.39 is 0 Å². The Bertz CT molecular complexity index is 489. The number of nitrogens with one attached hydrogen (secondary N) is 2. The first-order valence-electron chi connectivity index (χ1n) is 7.66. The van der Waals surface area contributed by atoms with Gasteiger partial charge in [-0.15, -0.1) is 0 Å². The Morgan fingerprint density at radius 3 is 2.57 bits per heavy atom. The summed E-state index contributed by atoms with van der Waals surface area (Å²) in [5.74, 6) is 1.18. The van der Waals surface area contributed by atoms with E-state index in [4.69, 9.17) is 4.74 Å². The SMILES string of the molecule is CCOC(c1nc(CNCC(C)C)cc(=O)[nH]1)C(C)(C)C. The fourth-order valence-electron chi connectivity index (χ4n) is 2.14. The molecule has 1 unspecified atom stereocenters. The summed E-state index contributed by atoms with van der Waals surface area (Å²) in [4.78, 5) is 19.3. The van der Waals surface area contributed by atoms with Crippen LogP contribution in [0.1, 0.15) is 59.2 Å². The van der Waals surface area contributed by atoms with Gasteiger partial charge in [-0.05, 0) is 24.8 Å². The van der Waals surface area contributed by atoms with E-state index in [2.05, 4.69) is 49.9 Å². The molecule has 0 fully saturated rings. The molecule has 0 bridgehead atoms. The molecule has 21 heavy (non-hydrogen) atoms. The van der Waals surface area contributed by atoms with E-state index in [1.165, 1.54) is 0 Å². The molecule has 1 atom stereocenters. The zero-order valence-corrected chi connectivity index (χ0v) is 14.1. The maximum atomic E-state index is 11.9. The smallest absolute Gasteiger partial charge is 0.251 e. The third-order valence-electron chi connectivity index (χ3n) is 3.04. The van der Waals surface area contributed by atoms with Crippen molar-refractivity contribution < 1.29 is 4.74 Å². The van der Waals surface area contributed by atoms with E-state index in [0.29, 0.717) is 24.9 Å². The summed E-state index contributed by atoms with van der Waals surface area (Å²) in [7, 11) is 0. The van der Waals surface area contributed by atoms with Gasteiger partial charge in [-0.1, -0.05) is 34.6 Å². The highest BCUT2D eigenvalue weighted by Crippen LogP contribution is 2.33. The molecule has 0 amide bonds. The number of hydrogen-bond acceptors (Lipinski definition) is 4. The lowest BCUT2D eigenvalue weighted by atomic mass is 9.88. The highest BCUT2D eigenvalue weighted by atomic mass is 16.5. The van der Waals surface area contributed by atoms with E-state index in [9.17, 15) is 4.79 Å². The van der Waals surface area contributed by atoms with E-state index in [0.717, 1.165) is 12.2 Å². The topological polar surface area (TPSA) is 67.0 Å².